The zero-order valence-corrected chi connectivity index (χ0v) is 14.7. The molecule has 0 heterocycles. The Morgan fingerprint density at radius 1 is 1.04 bits per heavy atom. The number of aryl methyl sites for hydroxylation is 1. The summed E-state index contributed by atoms with van der Waals surface area (Å²) in [6.45, 7) is 7.97. The summed E-state index contributed by atoms with van der Waals surface area (Å²) < 4.78 is 10.8. The summed E-state index contributed by atoms with van der Waals surface area (Å²) in [4.78, 5) is 12.6. The Kier molecular flexibility index (Phi) is 5.25. The molecule has 0 saturated heterocycles. The van der Waals surface area contributed by atoms with Gasteiger partial charge in [-0.1, -0.05) is 0 Å². The zero-order chi connectivity index (χ0) is 17.9. The molecule has 0 bridgehead atoms. The molecule has 0 N–H and O–H groups in total. The van der Waals surface area contributed by atoms with Crippen molar-refractivity contribution in [2.24, 2.45) is 0 Å². The van der Waals surface area contributed by atoms with Gasteiger partial charge in [-0.15, -0.1) is 0 Å². The molecule has 0 fully saturated rings. The Bertz CT molecular complexity index is 832. The van der Waals surface area contributed by atoms with Gasteiger partial charge < -0.3 is 9.47 Å². The third-order valence-corrected chi connectivity index (χ3v) is 4.43. The fourth-order valence-corrected chi connectivity index (χ4v) is 2.58. The van der Waals surface area contributed by atoms with Crippen molar-refractivity contribution in [2.75, 3.05) is 13.7 Å². The number of methoxy groups -OCH3 is 1. The molecule has 4 heteroatoms. The molecule has 24 heavy (non-hydrogen) atoms. The van der Waals surface area contributed by atoms with Crippen LogP contribution in [0.3, 0.4) is 0 Å². The highest BCUT2D eigenvalue weighted by atomic mass is 16.5. The lowest BCUT2D eigenvalue weighted by Gasteiger charge is -2.14. The number of Topliss-reactive ketones (excluding diaryl/α,β-unsaturated/α-hetero) is 1. The number of carbonyl (C=O) groups excluding carboxylic acids is 1. The molecule has 2 aromatic carbocycles. The van der Waals surface area contributed by atoms with E-state index in [0.29, 0.717) is 22.6 Å². The van der Waals surface area contributed by atoms with E-state index in [9.17, 15) is 4.79 Å². The molecule has 124 valence electrons. The maximum atomic E-state index is 12.6. The summed E-state index contributed by atoms with van der Waals surface area (Å²) in [5.74, 6) is 0.808. The number of carbonyl (C=O) groups is 1. The van der Waals surface area contributed by atoms with Crippen LogP contribution in [0, 0.1) is 39.0 Å². The molecule has 0 aliphatic heterocycles. The summed E-state index contributed by atoms with van der Waals surface area (Å²) in [5, 5.41) is 8.92. The van der Waals surface area contributed by atoms with Crippen LogP contribution in [0.25, 0.3) is 0 Å². The summed E-state index contributed by atoms with van der Waals surface area (Å²) in [6, 6.07) is 8.82. The minimum absolute atomic E-state index is 0.0783. The average Bonchev–Trinajstić information content (AvgIpc) is 2.60. The second kappa shape index (κ2) is 7.18. The van der Waals surface area contributed by atoms with Gasteiger partial charge in [-0.3, -0.25) is 4.79 Å². The Morgan fingerprint density at radius 3 is 2.38 bits per heavy atom. The van der Waals surface area contributed by atoms with E-state index < -0.39 is 0 Å². The van der Waals surface area contributed by atoms with E-state index in [1.54, 1.807) is 18.2 Å². The topological polar surface area (TPSA) is 59.3 Å². The van der Waals surface area contributed by atoms with Gasteiger partial charge in [0.1, 0.15) is 0 Å². The van der Waals surface area contributed by atoms with Gasteiger partial charge >= 0.3 is 0 Å². The van der Waals surface area contributed by atoms with Gasteiger partial charge in [0.05, 0.1) is 18.7 Å². The maximum Gasteiger partial charge on any atom is 0.200 e. The minimum atomic E-state index is -0.0786. The molecule has 0 spiro atoms. The van der Waals surface area contributed by atoms with Crippen LogP contribution in [-0.4, -0.2) is 19.5 Å². The van der Waals surface area contributed by atoms with Crippen LogP contribution in [0.4, 0.5) is 0 Å². The predicted octanol–water partition coefficient (Wildman–Crippen LogP) is 4.06. The smallest absolute Gasteiger partial charge is 0.200 e. The summed E-state index contributed by atoms with van der Waals surface area (Å²) in [6.07, 6.45) is 0. The number of nitrogens with zero attached hydrogens (tertiary/aromatic N) is 1. The molecule has 0 aliphatic rings. The van der Waals surface area contributed by atoms with Gasteiger partial charge in [-0.05, 0) is 68.1 Å². The number of ketones is 1. The van der Waals surface area contributed by atoms with Crippen LogP contribution in [0.15, 0.2) is 24.3 Å². The molecule has 0 atom stereocenters. The zero-order valence-electron chi connectivity index (χ0n) is 14.7. The van der Waals surface area contributed by atoms with Gasteiger partial charge in [0.2, 0.25) is 0 Å². The van der Waals surface area contributed by atoms with Crippen LogP contribution in [-0.2, 0) is 0 Å². The molecule has 0 amide bonds. The van der Waals surface area contributed by atoms with Gasteiger partial charge in [-0.25, -0.2) is 0 Å². The summed E-state index contributed by atoms with van der Waals surface area (Å²) in [7, 11) is 1.50. The second-order valence-electron chi connectivity index (χ2n) is 5.81. The molecule has 0 aromatic heterocycles. The van der Waals surface area contributed by atoms with Crippen molar-refractivity contribution in [3.8, 4) is 17.6 Å². The molecular formula is C20H21NO3. The number of hydrogen-bond donors (Lipinski definition) is 0. The number of hydrogen-bond acceptors (Lipinski definition) is 4. The minimum Gasteiger partial charge on any atom is -0.493 e. The largest absolute Gasteiger partial charge is 0.493 e. The molecule has 0 aliphatic carbocycles. The maximum absolute atomic E-state index is 12.6. The summed E-state index contributed by atoms with van der Waals surface area (Å²) in [5.41, 5.74) is 5.58. The van der Waals surface area contributed by atoms with Crippen LogP contribution >= 0.6 is 0 Å². The predicted molar refractivity (Wildman–Crippen MR) is 92.9 cm³/mol. The van der Waals surface area contributed by atoms with Crippen molar-refractivity contribution in [3.05, 3.63) is 57.6 Å². The number of nitriles is 1. The molecule has 0 radical (unpaired) electrons. The van der Waals surface area contributed by atoms with Crippen LogP contribution in [0.2, 0.25) is 0 Å². The summed E-state index contributed by atoms with van der Waals surface area (Å²) >= 11 is 0. The lowest BCUT2D eigenvalue weighted by atomic mass is 9.93. The Morgan fingerprint density at radius 2 is 1.75 bits per heavy atom. The highest BCUT2D eigenvalue weighted by Gasteiger charge is 2.15. The van der Waals surface area contributed by atoms with E-state index in [-0.39, 0.29) is 12.4 Å². The fraction of sp³-hybridized carbons (Fsp3) is 0.300. The van der Waals surface area contributed by atoms with Gasteiger partial charge in [-0.2, -0.15) is 5.26 Å². The number of benzene rings is 2. The van der Waals surface area contributed by atoms with Crippen molar-refractivity contribution >= 4 is 5.78 Å². The van der Waals surface area contributed by atoms with Crippen LogP contribution in [0.5, 0.6) is 11.5 Å². The first kappa shape index (κ1) is 17.6. The first-order valence-corrected chi connectivity index (χ1v) is 7.70. The van der Waals surface area contributed by atoms with Crippen molar-refractivity contribution in [1.29, 1.82) is 5.26 Å². The van der Waals surface area contributed by atoms with E-state index in [0.717, 1.165) is 16.7 Å². The lowest BCUT2D eigenvalue weighted by molar-refractivity contribution is 0.0918. The molecule has 0 unspecified atom stereocenters. The molecule has 2 aromatic rings. The van der Waals surface area contributed by atoms with E-state index >= 15 is 0 Å². The first-order chi connectivity index (χ1) is 11.4. The first-order valence-electron chi connectivity index (χ1n) is 7.70. The average molecular weight is 323 g/mol. The molecule has 0 saturated carbocycles. The van der Waals surface area contributed by atoms with E-state index in [1.807, 2.05) is 32.9 Å². The molecule has 4 nitrogen and oxygen atoms in total. The number of rotatable bonds is 5. The highest BCUT2D eigenvalue weighted by Crippen LogP contribution is 2.28. The van der Waals surface area contributed by atoms with Gasteiger partial charge in [0, 0.05) is 11.6 Å². The highest BCUT2D eigenvalue weighted by molar-refractivity contribution is 5.99. The number of ether oxygens (including phenoxy) is 2. The van der Waals surface area contributed by atoms with E-state index in [1.165, 1.54) is 12.7 Å². The van der Waals surface area contributed by atoms with Crippen LogP contribution < -0.4 is 9.47 Å². The van der Waals surface area contributed by atoms with Crippen molar-refractivity contribution in [2.45, 2.75) is 27.7 Å². The third kappa shape index (κ3) is 3.41. The van der Waals surface area contributed by atoms with E-state index in [4.69, 9.17) is 14.7 Å². The van der Waals surface area contributed by atoms with Gasteiger partial charge in [0.25, 0.3) is 0 Å². The Labute approximate surface area is 142 Å². The fourth-order valence-electron chi connectivity index (χ4n) is 2.58. The van der Waals surface area contributed by atoms with Crippen LogP contribution in [0.1, 0.15) is 38.2 Å². The third-order valence-electron chi connectivity index (χ3n) is 4.43. The normalized spacial score (nSPS) is 10.2. The second-order valence-corrected chi connectivity index (χ2v) is 5.81. The van der Waals surface area contributed by atoms with E-state index in [2.05, 4.69) is 6.92 Å². The standard InChI is InChI=1S/C20H21NO3/c1-12-8-17(15(4)14(3)13(12)2)18(22)11-24-19-7-6-16(10-21)9-20(19)23-5/h6-9H,11H2,1-5H3. The van der Waals surface area contributed by atoms with Crippen molar-refractivity contribution < 1.29 is 14.3 Å². The SMILES string of the molecule is COc1cc(C#N)ccc1OCC(=O)c1cc(C)c(C)c(C)c1C. The Balaban J connectivity index is 2.22. The van der Waals surface area contributed by atoms with Crippen molar-refractivity contribution in [3.63, 3.8) is 0 Å². The molecular weight excluding hydrogens is 302 g/mol. The molecule has 2 rings (SSSR count). The Hall–Kier alpha value is -2.80. The quantitative estimate of drug-likeness (QED) is 0.779. The monoisotopic (exact) mass is 323 g/mol. The lowest BCUT2D eigenvalue weighted by Crippen LogP contribution is -2.14. The van der Waals surface area contributed by atoms with Crippen molar-refractivity contribution in [1.82, 2.24) is 0 Å². The van der Waals surface area contributed by atoms with Gasteiger partial charge in [0.15, 0.2) is 23.9 Å².